The number of benzene rings is 1. The van der Waals surface area contributed by atoms with Crippen molar-refractivity contribution in [3.05, 3.63) is 35.1 Å². The van der Waals surface area contributed by atoms with Crippen LogP contribution in [-0.4, -0.2) is 13.7 Å². The Kier molecular flexibility index (Phi) is 4.04. The summed E-state index contributed by atoms with van der Waals surface area (Å²) >= 11 is 0. The van der Waals surface area contributed by atoms with E-state index in [0.29, 0.717) is 12.2 Å². The van der Waals surface area contributed by atoms with E-state index in [2.05, 4.69) is 0 Å². The van der Waals surface area contributed by atoms with Gasteiger partial charge in [-0.3, -0.25) is 0 Å². The van der Waals surface area contributed by atoms with Crippen molar-refractivity contribution in [1.29, 1.82) is 0 Å². The van der Waals surface area contributed by atoms with E-state index in [9.17, 15) is 4.39 Å². The highest BCUT2D eigenvalue weighted by Gasteiger charge is 2.14. The first-order valence-electron chi connectivity index (χ1n) is 4.72. The Hall–Kier alpha value is -0.930. The quantitative estimate of drug-likeness (QED) is 0.801. The SMILES string of the molecule is CCc1cccc(F)c1[C@@H](N)COC. The number of aryl methyl sites for hydroxylation is 1. The predicted octanol–water partition coefficient (Wildman–Crippen LogP) is 2.03. The van der Waals surface area contributed by atoms with Crippen molar-refractivity contribution < 1.29 is 9.13 Å². The summed E-state index contributed by atoms with van der Waals surface area (Å²) in [7, 11) is 1.56. The molecule has 14 heavy (non-hydrogen) atoms. The van der Waals surface area contributed by atoms with E-state index in [1.165, 1.54) is 6.07 Å². The molecular formula is C11H16FNO. The van der Waals surface area contributed by atoms with Crippen LogP contribution in [0.1, 0.15) is 24.1 Å². The molecule has 2 nitrogen and oxygen atoms in total. The molecule has 0 unspecified atom stereocenters. The van der Waals surface area contributed by atoms with Crippen molar-refractivity contribution in [1.82, 2.24) is 0 Å². The summed E-state index contributed by atoms with van der Waals surface area (Å²) in [5.41, 5.74) is 7.35. The van der Waals surface area contributed by atoms with Crippen LogP contribution >= 0.6 is 0 Å². The van der Waals surface area contributed by atoms with E-state index in [0.717, 1.165) is 12.0 Å². The predicted molar refractivity (Wildman–Crippen MR) is 54.6 cm³/mol. The molecule has 0 saturated carbocycles. The summed E-state index contributed by atoms with van der Waals surface area (Å²) in [5.74, 6) is -0.242. The highest BCUT2D eigenvalue weighted by molar-refractivity contribution is 5.31. The number of hydrogen-bond donors (Lipinski definition) is 1. The lowest BCUT2D eigenvalue weighted by Gasteiger charge is -2.15. The van der Waals surface area contributed by atoms with Crippen LogP contribution in [0.15, 0.2) is 18.2 Å². The second-order valence-electron chi connectivity index (χ2n) is 3.23. The number of methoxy groups -OCH3 is 1. The molecule has 0 heterocycles. The van der Waals surface area contributed by atoms with E-state index < -0.39 is 0 Å². The van der Waals surface area contributed by atoms with Crippen LogP contribution in [0.3, 0.4) is 0 Å². The normalized spacial score (nSPS) is 12.9. The second kappa shape index (κ2) is 5.08. The molecule has 0 aliphatic carbocycles. The maximum Gasteiger partial charge on any atom is 0.128 e. The lowest BCUT2D eigenvalue weighted by molar-refractivity contribution is 0.179. The minimum absolute atomic E-state index is 0.242. The zero-order valence-corrected chi connectivity index (χ0v) is 8.59. The lowest BCUT2D eigenvalue weighted by Crippen LogP contribution is -2.19. The van der Waals surface area contributed by atoms with Gasteiger partial charge in [-0.2, -0.15) is 0 Å². The Bertz CT molecular complexity index is 301. The minimum Gasteiger partial charge on any atom is -0.383 e. The van der Waals surface area contributed by atoms with Gasteiger partial charge < -0.3 is 10.5 Å². The van der Waals surface area contributed by atoms with Gasteiger partial charge in [0.2, 0.25) is 0 Å². The molecule has 0 amide bonds. The van der Waals surface area contributed by atoms with Crippen LogP contribution in [0, 0.1) is 5.82 Å². The summed E-state index contributed by atoms with van der Waals surface area (Å²) in [4.78, 5) is 0. The molecule has 78 valence electrons. The van der Waals surface area contributed by atoms with Gasteiger partial charge in [-0.05, 0) is 18.1 Å². The van der Waals surface area contributed by atoms with Crippen molar-refractivity contribution in [2.24, 2.45) is 5.73 Å². The van der Waals surface area contributed by atoms with Gasteiger partial charge >= 0.3 is 0 Å². The van der Waals surface area contributed by atoms with Gasteiger partial charge in [-0.1, -0.05) is 19.1 Å². The van der Waals surface area contributed by atoms with Crippen molar-refractivity contribution in [3.8, 4) is 0 Å². The zero-order valence-electron chi connectivity index (χ0n) is 8.59. The summed E-state index contributed by atoms with van der Waals surface area (Å²) in [6, 6.07) is 4.66. The third kappa shape index (κ3) is 2.30. The fourth-order valence-corrected chi connectivity index (χ4v) is 1.57. The molecular weight excluding hydrogens is 181 g/mol. The Morgan fingerprint density at radius 2 is 2.21 bits per heavy atom. The van der Waals surface area contributed by atoms with Crippen LogP contribution in [-0.2, 0) is 11.2 Å². The molecule has 0 bridgehead atoms. The molecule has 1 aromatic carbocycles. The van der Waals surface area contributed by atoms with Crippen LogP contribution in [0.5, 0.6) is 0 Å². The maximum absolute atomic E-state index is 13.5. The van der Waals surface area contributed by atoms with Gasteiger partial charge in [0.15, 0.2) is 0 Å². The second-order valence-corrected chi connectivity index (χ2v) is 3.23. The molecule has 0 fully saturated rings. The van der Waals surface area contributed by atoms with Gasteiger partial charge in [0.05, 0.1) is 12.6 Å². The van der Waals surface area contributed by atoms with E-state index in [-0.39, 0.29) is 11.9 Å². The van der Waals surface area contributed by atoms with Crippen LogP contribution in [0.4, 0.5) is 4.39 Å². The fraction of sp³-hybridized carbons (Fsp3) is 0.455. The van der Waals surface area contributed by atoms with Crippen LogP contribution in [0.25, 0.3) is 0 Å². The van der Waals surface area contributed by atoms with Gasteiger partial charge in [0.25, 0.3) is 0 Å². The molecule has 0 saturated heterocycles. The Labute approximate surface area is 83.9 Å². The third-order valence-corrected chi connectivity index (χ3v) is 2.24. The highest BCUT2D eigenvalue weighted by atomic mass is 19.1. The molecule has 3 heteroatoms. The number of ether oxygens (including phenoxy) is 1. The molecule has 1 atom stereocenters. The molecule has 0 aliphatic heterocycles. The minimum atomic E-state index is -0.379. The number of halogens is 1. The molecule has 1 rings (SSSR count). The molecule has 0 radical (unpaired) electrons. The van der Waals surface area contributed by atoms with E-state index in [1.807, 2.05) is 13.0 Å². The number of hydrogen-bond acceptors (Lipinski definition) is 2. The Morgan fingerprint density at radius 1 is 1.50 bits per heavy atom. The van der Waals surface area contributed by atoms with Crippen molar-refractivity contribution in [3.63, 3.8) is 0 Å². The monoisotopic (exact) mass is 197 g/mol. The standard InChI is InChI=1S/C11H16FNO/c1-3-8-5-4-6-9(12)11(8)10(13)7-14-2/h4-6,10H,3,7,13H2,1-2H3/t10-/m0/s1. The molecule has 0 aromatic heterocycles. The molecule has 1 aromatic rings. The largest absolute Gasteiger partial charge is 0.383 e. The first-order chi connectivity index (χ1) is 6.70. The Morgan fingerprint density at radius 3 is 2.79 bits per heavy atom. The summed E-state index contributed by atoms with van der Waals surface area (Å²) in [5, 5.41) is 0. The van der Waals surface area contributed by atoms with E-state index in [4.69, 9.17) is 10.5 Å². The first kappa shape index (κ1) is 11.1. The van der Waals surface area contributed by atoms with E-state index in [1.54, 1.807) is 13.2 Å². The fourth-order valence-electron chi connectivity index (χ4n) is 1.57. The lowest BCUT2D eigenvalue weighted by atomic mass is 9.99. The topological polar surface area (TPSA) is 35.2 Å². The third-order valence-electron chi connectivity index (χ3n) is 2.24. The summed E-state index contributed by atoms with van der Waals surface area (Å²) in [6.07, 6.45) is 0.782. The van der Waals surface area contributed by atoms with Crippen LogP contribution in [0.2, 0.25) is 0 Å². The van der Waals surface area contributed by atoms with Gasteiger partial charge in [-0.15, -0.1) is 0 Å². The van der Waals surface area contributed by atoms with Crippen molar-refractivity contribution >= 4 is 0 Å². The average molecular weight is 197 g/mol. The van der Waals surface area contributed by atoms with Crippen molar-refractivity contribution in [2.45, 2.75) is 19.4 Å². The zero-order chi connectivity index (χ0) is 10.6. The van der Waals surface area contributed by atoms with E-state index >= 15 is 0 Å². The Balaban J connectivity index is 3.03. The summed E-state index contributed by atoms with van der Waals surface area (Å²) in [6.45, 7) is 2.33. The van der Waals surface area contributed by atoms with Crippen LogP contribution < -0.4 is 5.73 Å². The smallest absolute Gasteiger partial charge is 0.128 e. The number of rotatable bonds is 4. The number of nitrogens with two attached hydrogens (primary N) is 1. The summed E-state index contributed by atoms with van der Waals surface area (Å²) < 4.78 is 18.4. The molecule has 0 spiro atoms. The molecule has 2 N–H and O–H groups in total. The highest BCUT2D eigenvalue weighted by Crippen LogP contribution is 2.20. The van der Waals surface area contributed by atoms with Gasteiger partial charge in [0, 0.05) is 12.7 Å². The molecule has 0 aliphatic rings. The van der Waals surface area contributed by atoms with Crippen molar-refractivity contribution in [2.75, 3.05) is 13.7 Å². The average Bonchev–Trinajstić information content (AvgIpc) is 2.17. The van der Waals surface area contributed by atoms with Gasteiger partial charge in [0.1, 0.15) is 5.82 Å². The first-order valence-corrected chi connectivity index (χ1v) is 4.72. The van der Waals surface area contributed by atoms with Gasteiger partial charge in [-0.25, -0.2) is 4.39 Å². The maximum atomic E-state index is 13.5.